The number of nitrogens with two attached hydrogens (primary N) is 1. The van der Waals surface area contributed by atoms with Gasteiger partial charge in [0, 0.05) is 18.8 Å². The van der Waals surface area contributed by atoms with Crippen LogP contribution in [0.4, 0.5) is 5.82 Å². The van der Waals surface area contributed by atoms with Crippen molar-refractivity contribution >= 4 is 5.82 Å². The monoisotopic (exact) mass is 275 g/mol. The first kappa shape index (κ1) is 15.3. The molecule has 1 aromatic heterocycles. The van der Waals surface area contributed by atoms with E-state index in [1.54, 1.807) is 0 Å². The molecule has 3 heteroatoms. The third kappa shape index (κ3) is 3.72. The van der Waals surface area contributed by atoms with Crippen LogP contribution in [0.2, 0.25) is 0 Å². The van der Waals surface area contributed by atoms with Crippen molar-refractivity contribution in [2.45, 2.75) is 58.9 Å². The molecule has 1 aromatic rings. The fraction of sp³-hybridized carbons (Fsp3) is 0.706. The highest BCUT2D eigenvalue weighted by Gasteiger charge is 2.25. The Balaban J connectivity index is 2.23. The SMILES string of the molecule is Cc1cc(CCN)cnc1N(CC(C)C)C1CCCC1. The summed E-state index contributed by atoms with van der Waals surface area (Å²) in [4.78, 5) is 7.32. The molecule has 0 aromatic carbocycles. The lowest BCUT2D eigenvalue weighted by molar-refractivity contribution is 0.530. The fourth-order valence-corrected chi connectivity index (χ4v) is 3.25. The highest BCUT2D eigenvalue weighted by atomic mass is 15.2. The molecule has 0 spiro atoms. The summed E-state index contributed by atoms with van der Waals surface area (Å²) in [5, 5.41) is 0. The van der Waals surface area contributed by atoms with Crippen LogP contribution in [0.5, 0.6) is 0 Å². The fourth-order valence-electron chi connectivity index (χ4n) is 3.25. The van der Waals surface area contributed by atoms with Gasteiger partial charge in [0.05, 0.1) is 0 Å². The van der Waals surface area contributed by atoms with Gasteiger partial charge in [-0.2, -0.15) is 0 Å². The van der Waals surface area contributed by atoms with Gasteiger partial charge in [0.15, 0.2) is 0 Å². The van der Waals surface area contributed by atoms with Gasteiger partial charge in [-0.3, -0.25) is 0 Å². The molecular formula is C17H29N3. The van der Waals surface area contributed by atoms with Crippen molar-refractivity contribution in [1.29, 1.82) is 0 Å². The number of pyridine rings is 1. The molecule has 0 atom stereocenters. The molecule has 20 heavy (non-hydrogen) atoms. The molecule has 0 saturated heterocycles. The lowest BCUT2D eigenvalue weighted by atomic mass is 10.1. The van der Waals surface area contributed by atoms with Crippen LogP contribution in [0.3, 0.4) is 0 Å². The second-order valence-corrected chi connectivity index (χ2v) is 6.51. The van der Waals surface area contributed by atoms with E-state index in [0.717, 1.165) is 13.0 Å². The minimum absolute atomic E-state index is 0.667. The molecule has 0 bridgehead atoms. The Hall–Kier alpha value is -1.09. The maximum atomic E-state index is 5.64. The van der Waals surface area contributed by atoms with Crippen molar-refractivity contribution in [3.8, 4) is 0 Å². The zero-order valence-corrected chi connectivity index (χ0v) is 13.2. The number of rotatable bonds is 6. The smallest absolute Gasteiger partial charge is 0.131 e. The van der Waals surface area contributed by atoms with Crippen LogP contribution in [0.1, 0.15) is 50.7 Å². The Morgan fingerprint density at radius 1 is 1.35 bits per heavy atom. The molecule has 3 nitrogen and oxygen atoms in total. The van der Waals surface area contributed by atoms with Crippen LogP contribution < -0.4 is 10.6 Å². The lowest BCUT2D eigenvalue weighted by Gasteiger charge is -2.33. The van der Waals surface area contributed by atoms with Gasteiger partial charge >= 0.3 is 0 Å². The predicted octanol–water partition coefficient (Wildman–Crippen LogP) is 3.30. The van der Waals surface area contributed by atoms with Crippen LogP contribution in [-0.4, -0.2) is 24.1 Å². The number of nitrogens with zero attached hydrogens (tertiary/aromatic N) is 2. The highest BCUT2D eigenvalue weighted by Crippen LogP contribution is 2.30. The molecule has 1 saturated carbocycles. The zero-order chi connectivity index (χ0) is 14.5. The molecular weight excluding hydrogens is 246 g/mol. The van der Waals surface area contributed by atoms with E-state index in [4.69, 9.17) is 10.7 Å². The van der Waals surface area contributed by atoms with Gasteiger partial charge in [-0.05, 0) is 49.8 Å². The minimum Gasteiger partial charge on any atom is -0.353 e. The second kappa shape index (κ2) is 7.07. The van der Waals surface area contributed by atoms with E-state index in [1.165, 1.54) is 42.6 Å². The van der Waals surface area contributed by atoms with E-state index in [-0.39, 0.29) is 0 Å². The summed E-state index contributed by atoms with van der Waals surface area (Å²) in [7, 11) is 0. The van der Waals surface area contributed by atoms with Crippen LogP contribution in [0.25, 0.3) is 0 Å². The van der Waals surface area contributed by atoms with Crippen molar-refractivity contribution < 1.29 is 0 Å². The summed E-state index contributed by atoms with van der Waals surface area (Å²) >= 11 is 0. The van der Waals surface area contributed by atoms with Gasteiger partial charge in [-0.1, -0.05) is 32.8 Å². The van der Waals surface area contributed by atoms with E-state index >= 15 is 0 Å². The molecule has 112 valence electrons. The molecule has 1 heterocycles. The van der Waals surface area contributed by atoms with Gasteiger partial charge in [0.2, 0.25) is 0 Å². The Morgan fingerprint density at radius 3 is 2.60 bits per heavy atom. The third-order valence-corrected chi connectivity index (χ3v) is 4.14. The van der Waals surface area contributed by atoms with Crippen molar-refractivity contribution in [3.63, 3.8) is 0 Å². The Kier molecular flexibility index (Phi) is 5.41. The lowest BCUT2D eigenvalue weighted by Crippen LogP contribution is -2.37. The largest absolute Gasteiger partial charge is 0.353 e. The maximum absolute atomic E-state index is 5.64. The molecule has 1 fully saturated rings. The van der Waals surface area contributed by atoms with Gasteiger partial charge in [-0.25, -0.2) is 4.98 Å². The van der Waals surface area contributed by atoms with Gasteiger partial charge in [0.1, 0.15) is 5.82 Å². The molecule has 0 unspecified atom stereocenters. The molecule has 0 amide bonds. The second-order valence-electron chi connectivity index (χ2n) is 6.51. The highest BCUT2D eigenvalue weighted by molar-refractivity contribution is 5.48. The first-order chi connectivity index (χ1) is 9.61. The van der Waals surface area contributed by atoms with Crippen LogP contribution in [0, 0.1) is 12.8 Å². The first-order valence-corrected chi connectivity index (χ1v) is 8.04. The van der Waals surface area contributed by atoms with Crippen LogP contribution >= 0.6 is 0 Å². The van der Waals surface area contributed by atoms with E-state index in [2.05, 4.69) is 31.7 Å². The van der Waals surface area contributed by atoms with Crippen LogP contribution in [-0.2, 0) is 6.42 Å². The summed E-state index contributed by atoms with van der Waals surface area (Å²) in [6.07, 6.45) is 8.29. The Labute approximate surface area is 123 Å². The van der Waals surface area contributed by atoms with E-state index in [9.17, 15) is 0 Å². The molecule has 1 aliphatic carbocycles. The van der Waals surface area contributed by atoms with Gasteiger partial charge in [0.25, 0.3) is 0 Å². The van der Waals surface area contributed by atoms with E-state index in [0.29, 0.717) is 18.5 Å². The molecule has 2 N–H and O–H groups in total. The summed E-state index contributed by atoms with van der Waals surface area (Å²) in [6.45, 7) is 8.57. The standard InChI is InChI=1S/C17H29N3/c1-13(2)12-20(16-6-4-5-7-16)17-14(3)10-15(8-9-18)11-19-17/h10-11,13,16H,4-9,12,18H2,1-3H3. The molecule has 0 aliphatic heterocycles. The Bertz CT molecular complexity index is 422. The Morgan fingerprint density at radius 2 is 2.05 bits per heavy atom. The molecule has 0 radical (unpaired) electrons. The zero-order valence-electron chi connectivity index (χ0n) is 13.2. The number of aromatic nitrogens is 1. The molecule has 1 aliphatic rings. The summed E-state index contributed by atoms with van der Waals surface area (Å²) in [6, 6.07) is 2.95. The number of hydrogen-bond acceptors (Lipinski definition) is 3. The molecule has 2 rings (SSSR count). The quantitative estimate of drug-likeness (QED) is 0.866. The summed E-state index contributed by atoms with van der Waals surface area (Å²) < 4.78 is 0. The minimum atomic E-state index is 0.667. The average molecular weight is 275 g/mol. The summed E-state index contributed by atoms with van der Waals surface area (Å²) in [5.41, 5.74) is 8.18. The first-order valence-electron chi connectivity index (χ1n) is 8.04. The van der Waals surface area contributed by atoms with E-state index < -0.39 is 0 Å². The topological polar surface area (TPSA) is 42.1 Å². The van der Waals surface area contributed by atoms with Crippen molar-refractivity contribution in [1.82, 2.24) is 4.98 Å². The maximum Gasteiger partial charge on any atom is 0.131 e. The van der Waals surface area contributed by atoms with Crippen molar-refractivity contribution in [2.24, 2.45) is 11.7 Å². The van der Waals surface area contributed by atoms with Crippen LogP contribution in [0.15, 0.2) is 12.3 Å². The van der Waals surface area contributed by atoms with Gasteiger partial charge in [-0.15, -0.1) is 0 Å². The third-order valence-electron chi connectivity index (χ3n) is 4.14. The van der Waals surface area contributed by atoms with Gasteiger partial charge < -0.3 is 10.6 Å². The average Bonchev–Trinajstić information content (AvgIpc) is 2.90. The predicted molar refractivity (Wildman–Crippen MR) is 86.2 cm³/mol. The van der Waals surface area contributed by atoms with Crippen molar-refractivity contribution in [2.75, 3.05) is 18.0 Å². The normalized spacial score (nSPS) is 16.1. The van der Waals surface area contributed by atoms with E-state index in [1.807, 2.05) is 6.20 Å². The summed E-state index contributed by atoms with van der Waals surface area (Å²) in [5.74, 6) is 1.85. The number of aryl methyl sites for hydroxylation is 1. The number of anilines is 1. The van der Waals surface area contributed by atoms with Crippen molar-refractivity contribution in [3.05, 3.63) is 23.4 Å². The number of hydrogen-bond donors (Lipinski definition) is 1.